The quantitative estimate of drug-likeness (QED) is 0.152. The van der Waals surface area contributed by atoms with Gasteiger partial charge in [0.05, 0.1) is 0 Å². The minimum Gasteiger partial charge on any atom is -0.0654 e. The first-order chi connectivity index (χ1) is 16.8. The van der Waals surface area contributed by atoms with E-state index in [1.54, 1.807) is 5.56 Å². The third kappa shape index (κ3) is 13.0. The zero-order valence-corrected chi connectivity index (χ0v) is 23.0. The molecule has 0 N–H and O–H groups in total. The fourth-order valence-electron chi connectivity index (χ4n) is 5.39. The van der Waals surface area contributed by atoms with Crippen LogP contribution in [0.4, 0.5) is 0 Å². The van der Waals surface area contributed by atoms with Crippen molar-refractivity contribution in [2.75, 3.05) is 0 Å². The molecule has 0 heteroatoms. The van der Waals surface area contributed by atoms with Gasteiger partial charge in [-0.25, -0.2) is 0 Å². The van der Waals surface area contributed by atoms with Crippen LogP contribution < -0.4 is 0 Å². The van der Waals surface area contributed by atoms with Gasteiger partial charge in [0.25, 0.3) is 0 Å². The number of aryl methyl sites for hydroxylation is 2. The Balaban J connectivity index is 1.59. The van der Waals surface area contributed by atoms with Crippen molar-refractivity contribution in [1.29, 1.82) is 0 Å². The first kappa shape index (κ1) is 28.9. The lowest BCUT2D eigenvalue weighted by Crippen LogP contribution is -1.91. The summed E-state index contributed by atoms with van der Waals surface area (Å²) in [6.07, 6.45) is 30.8. The Morgan fingerprint density at radius 2 is 0.912 bits per heavy atom. The van der Waals surface area contributed by atoms with E-state index in [-0.39, 0.29) is 0 Å². The summed E-state index contributed by atoms with van der Waals surface area (Å²) in [4.78, 5) is 0. The van der Waals surface area contributed by atoms with Gasteiger partial charge in [0.15, 0.2) is 0 Å². The normalized spacial score (nSPS) is 11.5. The topological polar surface area (TPSA) is 0 Å². The summed E-state index contributed by atoms with van der Waals surface area (Å²) < 4.78 is 0. The van der Waals surface area contributed by atoms with Gasteiger partial charge >= 0.3 is 0 Å². The van der Waals surface area contributed by atoms with Gasteiger partial charge in [-0.05, 0) is 47.6 Å². The monoisotopic (exact) mass is 464 g/mol. The lowest BCUT2D eigenvalue weighted by molar-refractivity contribution is 0.556. The number of hydrogen-bond acceptors (Lipinski definition) is 0. The summed E-state index contributed by atoms with van der Waals surface area (Å²) >= 11 is 0. The molecule has 0 aliphatic heterocycles. The summed E-state index contributed by atoms with van der Waals surface area (Å²) in [6, 6.07) is 14.2. The van der Waals surface area contributed by atoms with Crippen LogP contribution in [0.5, 0.6) is 0 Å². The molecule has 34 heavy (non-hydrogen) atoms. The fourth-order valence-corrected chi connectivity index (χ4v) is 5.39. The minimum atomic E-state index is 1.24. The van der Waals surface area contributed by atoms with E-state index in [0.717, 1.165) is 0 Å². The maximum Gasteiger partial charge on any atom is -0.0152 e. The molecule has 0 aliphatic carbocycles. The predicted molar refractivity (Wildman–Crippen MR) is 155 cm³/mol. The molecule has 0 unspecified atom stereocenters. The Labute approximate surface area is 213 Å². The van der Waals surface area contributed by atoms with E-state index in [1.165, 1.54) is 158 Å². The molecule has 0 atom stereocenters. The van der Waals surface area contributed by atoms with Crippen LogP contribution in [-0.4, -0.2) is 0 Å². The zero-order chi connectivity index (χ0) is 24.1. The van der Waals surface area contributed by atoms with Gasteiger partial charge in [-0.2, -0.15) is 0 Å². The lowest BCUT2D eigenvalue weighted by Gasteiger charge is -2.09. The number of fused-ring (bicyclic) bond motifs is 1. The minimum absolute atomic E-state index is 1.24. The Bertz CT molecular complexity index is 728. The van der Waals surface area contributed by atoms with Gasteiger partial charge in [0.1, 0.15) is 0 Å². The molecular weight excluding hydrogens is 408 g/mol. The molecule has 2 aromatic carbocycles. The molecule has 0 spiro atoms. The van der Waals surface area contributed by atoms with Gasteiger partial charge < -0.3 is 0 Å². The van der Waals surface area contributed by atoms with E-state index in [9.17, 15) is 0 Å². The Kier molecular flexibility index (Phi) is 17.0. The highest BCUT2D eigenvalue weighted by molar-refractivity contribution is 5.86. The van der Waals surface area contributed by atoms with Crippen molar-refractivity contribution in [2.24, 2.45) is 0 Å². The molecule has 0 amide bonds. The van der Waals surface area contributed by atoms with Crippen LogP contribution in [0.25, 0.3) is 10.8 Å². The lowest BCUT2D eigenvalue weighted by atomic mass is 9.96. The summed E-state index contributed by atoms with van der Waals surface area (Å²) in [5.41, 5.74) is 3.09. The van der Waals surface area contributed by atoms with Crippen molar-refractivity contribution in [3.05, 3.63) is 47.5 Å². The van der Waals surface area contributed by atoms with Gasteiger partial charge in [-0.15, -0.1) is 0 Å². The first-order valence-corrected chi connectivity index (χ1v) is 15.4. The predicted octanol–water partition coefficient (Wildman–Crippen LogP) is 11.8. The van der Waals surface area contributed by atoms with Crippen molar-refractivity contribution >= 4 is 10.8 Å². The zero-order valence-electron chi connectivity index (χ0n) is 23.0. The molecule has 2 rings (SSSR count). The van der Waals surface area contributed by atoms with Crippen molar-refractivity contribution in [3.8, 4) is 0 Å². The van der Waals surface area contributed by atoms with Crippen molar-refractivity contribution in [1.82, 2.24) is 0 Å². The van der Waals surface area contributed by atoms with Gasteiger partial charge in [0, 0.05) is 0 Å². The van der Waals surface area contributed by atoms with Gasteiger partial charge in [0.2, 0.25) is 0 Å². The Morgan fingerprint density at radius 3 is 1.44 bits per heavy atom. The van der Waals surface area contributed by atoms with Crippen LogP contribution in [0, 0.1) is 0 Å². The molecular formula is C34H56. The van der Waals surface area contributed by atoms with Gasteiger partial charge in [-0.3, -0.25) is 0 Å². The van der Waals surface area contributed by atoms with Gasteiger partial charge in [-0.1, -0.05) is 166 Å². The van der Waals surface area contributed by atoms with Crippen LogP contribution in [-0.2, 0) is 12.8 Å². The molecule has 0 fully saturated rings. The highest BCUT2D eigenvalue weighted by Crippen LogP contribution is 2.23. The highest BCUT2D eigenvalue weighted by atomic mass is 14.1. The molecule has 0 radical (unpaired) electrons. The second-order valence-corrected chi connectivity index (χ2v) is 10.8. The molecule has 0 saturated carbocycles. The molecule has 0 aromatic heterocycles. The standard InChI is InChI=1S/C34H56/c1-3-5-7-9-11-13-15-17-19-21-24-31-28-29-34-32(26-23-27-33(34)30-31)25-22-20-18-16-14-12-10-8-6-4-2/h23,26-30H,3-22,24-25H2,1-2H3. The molecule has 0 saturated heterocycles. The van der Waals surface area contributed by atoms with Crippen molar-refractivity contribution < 1.29 is 0 Å². The third-order valence-corrected chi connectivity index (χ3v) is 7.65. The van der Waals surface area contributed by atoms with E-state index >= 15 is 0 Å². The van der Waals surface area contributed by atoms with Crippen LogP contribution in [0.15, 0.2) is 36.4 Å². The third-order valence-electron chi connectivity index (χ3n) is 7.65. The van der Waals surface area contributed by atoms with Crippen molar-refractivity contribution in [3.63, 3.8) is 0 Å². The van der Waals surface area contributed by atoms with E-state index in [2.05, 4.69) is 50.2 Å². The molecule has 0 nitrogen and oxygen atoms in total. The van der Waals surface area contributed by atoms with Crippen molar-refractivity contribution in [2.45, 2.75) is 155 Å². The highest BCUT2D eigenvalue weighted by Gasteiger charge is 2.03. The van der Waals surface area contributed by atoms with E-state index in [4.69, 9.17) is 0 Å². The molecule has 0 aliphatic rings. The largest absolute Gasteiger partial charge is 0.0654 e. The molecule has 0 heterocycles. The summed E-state index contributed by atoms with van der Waals surface area (Å²) in [5, 5.41) is 2.94. The van der Waals surface area contributed by atoms with E-state index in [1.807, 2.05) is 0 Å². The first-order valence-electron chi connectivity index (χ1n) is 15.4. The second-order valence-electron chi connectivity index (χ2n) is 10.8. The average Bonchev–Trinajstić information content (AvgIpc) is 2.86. The van der Waals surface area contributed by atoms with Crippen LogP contribution in [0.1, 0.15) is 153 Å². The number of benzene rings is 2. The van der Waals surface area contributed by atoms with Crippen LogP contribution >= 0.6 is 0 Å². The number of unbranched alkanes of at least 4 members (excludes halogenated alkanes) is 18. The SMILES string of the molecule is CCCCCCCCCCCCc1ccc2c(CCCCCCCCCCCC)cccc2c1. The molecule has 2 aromatic rings. The average molecular weight is 465 g/mol. The molecule has 0 bridgehead atoms. The Morgan fingerprint density at radius 1 is 0.441 bits per heavy atom. The maximum atomic E-state index is 2.46. The van der Waals surface area contributed by atoms with Crippen LogP contribution in [0.3, 0.4) is 0 Å². The fraction of sp³-hybridized carbons (Fsp3) is 0.706. The summed E-state index contributed by atoms with van der Waals surface area (Å²) in [6.45, 7) is 4.60. The molecule has 192 valence electrons. The Hall–Kier alpha value is -1.30. The summed E-state index contributed by atoms with van der Waals surface area (Å²) in [7, 11) is 0. The second kappa shape index (κ2) is 19.9. The smallest absolute Gasteiger partial charge is 0.0152 e. The van der Waals surface area contributed by atoms with Crippen LogP contribution in [0.2, 0.25) is 0 Å². The van der Waals surface area contributed by atoms with E-state index in [0.29, 0.717) is 0 Å². The number of hydrogen-bond donors (Lipinski definition) is 0. The number of rotatable bonds is 22. The summed E-state index contributed by atoms with van der Waals surface area (Å²) in [5.74, 6) is 0. The van der Waals surface area contributed by atoms with E-state index < -0.39 is 0 Å². The maximum absolute atomic E-state index is 2.46.